The summed E-state index contributed by atoms with van der Waals surface area (Å²) in [6.45, 7) is 2.08. The average molecular weight is 384 g/mol. The van der Waals surface area contributed by atoms with E-state index in [0.29, 0.717) is 5.69 Å². The Morgan fingerprint density at radius 1 is 1.24 bits per heavy atom. The number of hydrogen-bond donors (Lipinski definition) is 3. The third-order valence-electron chi connectivity index (χ3n) is 3.38. The van der Waals surface area contributed by atoms with Crippen LogP contribution in [0.4, 0.5) is 11.4 Å². The van der Waals surface area contributed by atoms with E-state index >= 15 is 0 Å². The zero-order valence-corrected chi connectivity index (χ0v) is 15.7. The van der Waals surface area contributed by atoms with Gasteiger partial charge in [0.1, 0.15) is 6.54 Å². The van der Waals surface area contributed by atoms with Gasteiger partial charge in [-0.05, 0) is 30.5 Å². The molecular weight excluding hydrogens is 362 g/mol. The standard InChI is InChI=1S/C16H21N5O2S.ClH/c1-11(7-17)16(23)20-13-8-18-21(9-13)10-15(22)19-12-3-5-14(24-2)6-4-12;/h3-6,8-9,11H,7,10,17H2,1-2H3,(H,19,22)(H,20,23);1H. The highest BCUT2D eigenvalue weighted by molar-refractivity contribution is 7.98. The van der Waals surface area contributed by atoms with Gasteiger partial charge in [-0.3, -0.25) is 14.3 Å². The van der Waals surface area contributed by atoms with Gasteiger partial charge in [0.25, 0.3) is 0 Å². The molecule has 0 fully saturated rings. The van der Waals surface area contributed by atoms with Gasteiger partial charge in [0.05, 0.1) is 11.9 Å². The van der Waals surface area contributed by atoms with Gasteiger partial charge in [0.15, 0.2) is 0 Å². The van der Waals surface area contributed by atoms with Gasteiger partial charge in [-0.1, -0.05) is 6.92 Å². The maximum absolute atomic E-state index is 12.0. The summed E-state index contributed by atoms with van der Waals surface area (Å²) in [4.78, 5) is 24.9. The first-order chi connectivity index (χ1) is 11.5. The van der Waals surface area contributed by atoms with E-state index in [0.717, 1.165) is 10.6 Å². The predicted molar refractivity (Wildman–Crippen MR) is 103 cm³/mol. The second-order valence-electron chi connectivity index (χ2n) is 5.33. The lowest BCUT2D eigenvalue weighted by Gasteiger charge is -2.07. The largest absolute Gasteiger partial charge is 0.330 e. The average Bonchev–Trinajstić information content (AvgIpc) is 3.01. The van der Waals surface area contributed by atoms with Crippen LogP contribution in [0.15, 0.2) is 41.6 Å². The number of anilines is 2. The molecule has 1 aromatic carbocycles. The highest BCUT2D eigenvalue weighted by Gasteiger charge is 2.12. The third kappa shape index (κ3) is 6.41. The van der Waals surface area contributed by atoms with E-state index in [9.17, 15) is 9.59 Å². The number of carbonyl (C=O) groups excluding carboxylic acids is 2. The molecule has 2 aromatic rings. The van der Waals surface area contributed by atoms with Crippen molar-refractivity contribution in [1.29, 1.82) is 0 Å². The van der Waals surface area contributed by atoms with Crippen molar-refractivity contribution in [1.82, 2.24) is 9.78 Å². The summed E-state index contributed by atoms with van der Waals surface area (Å²) in [6.07, 6.45) is 5.11. The topological polar surface area (TPSA) is 102 Å². The maximum atomic E-state index is 12.0. The van der Waals surface area contributed by atoms with Crippen LogP contribution in [0.1, 0.15) is 6.92 Å². The lowest BCUT2D eigenvalue weighted by atomic mass is 10.2. The molecule has 1 heterocycles. The molecule has 4 N–H and O–H groups in total. The van der Waals surface area contributed by atoms with Gasteiger partial charge < -0.3 is 16.4 Å². The fraction of sp³-hybridized carbons (Fsp3) is 0.312. The molecule has 25 heavy (non-hydrogen) atoms. The van der Waals surface area contributed by atoms with Crippen LogP contribution in [0.3, 0.4) is 0 Å². The molecule has 9 heteroatoms. The molecule has 0 radical (unpaired) electrons. The molecule has 0 aliphatic rings. The molecule has 0 saturated carbocycles. The molecule has 0 saturated heterocycles. The number of carbonyl (C=O) groups is 2. The molecule has 1 atom stereocenters. The first-order valence-electron chi connectivity index (χ1n) is 7.49. The summed E-state index contributed by atoms with van der Waals surface area (Å²) in [5, 5.41) is 9.59. The number of aromatic nitrogens is 2. The van der Waals surface area contributed by atoms with Crippen LogP contribution in [-0.4, -0.2) is 34.4 Å². The number of rotatable bonds is 7. The molecule has 1 unspecified atom stereocenters. The van der Waals surface area contributed by atoms with Gasteiger partial charge in [-0.2, -0.15) is 5.10 Å². The van der Waals surface area contributed by atoms with E-state index in [4.69, 9.17) is 5.73 Å². The van der Waals surface area contributed by atoms with Crippen molar-refractivity contribution in [2.24, 2.45) is 11.7 Å². The first kappa shape index (κ1) is 21.0. The van der Waals surface area contributed by atoms with Gasteiger partial charge in [-0.25, -0.2) is 0 Å². The Bertz CT molecular complexity index is 705. The molecular formula is C16H22ClN5O2S. The molecule has 0 aliphatic carbocycles. The van der Waals surface area contributed by atoms with Crippen LogP contribution >= 0.6 is 24.2 Å². The van der Waals surface area contributed by atoms with Crippen molar-refractivity contribution in [2.75, 3.05) is 23.4 Å². The number of benzene rings is 1. The molecule has 2 amide bonds. The Morgan fingerprint density at radius 3 is 2.52 bits per heavy atom. The number of halogens is 1. The van der Waals surface area contributed by atoms with E-state index in [-0.39, 0.29) is 43.2 Å². The number of thioether (sulfide) groups is 1. The first-order valence-corrected chi connectivity index (χ1v) is 8.71. The number of hydrogen-bond acceptors (Lipinski definition) is 5. The third-order valence-corrected chi connectivity index (χ3v) is 4.12. The SMILES string of the molecule is CSc1ccc(NC(=O)Cn2cc(NC(=O)C(C)CN)cn2)cc1.Cl. The van der Waals surface area contributed by atoms with Crippen LogP contribution in [0.5, 0.6) is 0 Å². The number of nitrogens with one attached hydrogen (secondary N) is 2. The van der Waals surface area contributed by atoms with Crippen molar-refractivity contribution in [3.05, 3.63) is 36.7 Å². The fourth-order valence-corrected chi connectivity index (χ4v) is 2.32. The highest BCUT2D eigenvalue weighted by atomic mass is 35.5. The number of amides is 2. The van der Waals surface area contributed by atoms with E-state index in [1.165, 1.54) is 10.9 Å². The number of nitrogens with zero attached hydrogens (tertiary/aromatic N) is 2. The van der Waals surface area contributed by atoms with E-state index in [2.05, 4.69) is 15.7 Å². The minimum Gasteiger partial charge on any atom is -0.330 e. The Balaban J connectivity index is 0.00000312. The zero-order chi connectivity index (χ0) is 17.5. The lowest BCUT2D eigenvalue weighted by Crippen LogP contribution is -2.26. The van der Waals surface area contributed by atoms with Gasteiger partial charge in [0.2, 0.25) is 11.8 Å². The summed E-state index contributed by atoms with van der Waals surface area (Å²) >= 11 is 1.64. The van der Waals surface area contributed by atoms with Crippen LogP contribution in [0.25, 0.3) is 0 Å². The molecule has 136 valence electrons. The minimum absolute atomic E-state index is 0. The van der Waals surface area contributed by atoms with Crippen LogP contribution in [0, 0.1) is 5.92 Å². The van der Waals surface area contributed by atoms with Gasteiger partial charge in [-0.15, -0.1) is 24.2 Å². The summed E-state index contributed by atoms with van der Waals surface area (Å²) < 4.78 is 1.47. The fourth-order valence-electron chi connectivity index (χ4n) is 1.91. The number of nitrogens with two attached hydrogens (primary N) is 1. The van der Waals surface area contributed by atoms with Crippen LogP contribution < -0.4 is 16.4 Å². The second-order valence-corrected chi connectivity index (χ2v) is 6.21. The van der Waals surface area contributed by atoms with Crippen molar-refractivity contribution in [3.8, 4) is 0 Å². The normalized spacial score (nSPS) is 11.3. The Kier molecular flexibility index (Phi) is 8.47. The van der Waals surface area contributed by atoms with E-state index in [1.54, 1.807) is 24.9 Å². The minimum atomic E-state index is -0.277. The summed E-state index contributed by atoms with van der Waals surface area (Å²) in [5.41, 5.74) is 6.72. The molecule has 1 aromatic heterocycles. The monoisotopic (exact) mass is 383 g/mol. The maximum Gasteiger partial charge on any atom is 0.246 e. The summed E-state index contributed by atoms with van der Waals surface area (Å²) in [5.74, 6) is -0.639. The van der Waals surface area contributed by atoms with Crippen molar-refractivity contribution >= 4 is 47.4 Å². The smallest absolute Gasteiger partial charge is 0.246 e. The van der Waals surface area contributed by atoms with E-state index < -0.39 is 0 Å². The quantitative estimate of drug-likeness (QED) is 0.636. The molecule has 0 spiro atoms. The van der Waals surface area contributed by atoms with Gasteiger partial charge >= 0.3 is 0 Å². The lowest BCUT2D eigenvalue weighted by molar-refractivity contribution is -0.119. The van der Waals surface area contributed by atoms with Crippen molar-refractivity contribution in [3.63, 3.8) is 0 Å². The highest BCUT2D eigenvalue weighted by Crippen LogP contribution is 2.17. The molecule has 7 nitrogen and oxygen atoms in total. The van der Waals surface area contributed by atoms with Gasteiger partial charge in [0, 0.05) is 29.2 Å². The molecule has 2 rings (SSSR count). The second kappa shape index (κ2) is 10.1. The van der Waals surface area contributed by atoms with Crippen molar-refractivity contribution in [2.45, 2.75) is 18.4 Å². The van der Waals surface area contributed by atoms with Crippen molar-refractivity contribution < 1.29 is 9.59 Å². The summed E-state index contributed by atoms with van der Waals surface area (Å²) in [6, 6.07) is 7.60. The predicted octanol–water partition coefficient (Wildman–Crippen LogP) is 2.20. The van der Waals surface area contributed by atoms with E-state index in [1.807, 2.05) is 30.5 Å². The zero-order valence-electron chi connectivity index (χ0n) is 14.1. The Labute approximate surface area is 157 Å². The van der Waals surface area contributed by atoms with Crippen LogP contribution in [-0.2, 0) is 16.1 Å². The Morgan fingerprint density at radius 2 is 1.92 bits per heavy atom. The summed E-state index contributed by atoms with van der Waals surface area (Å²) in [7, 11) is 0. The molecule has 0 aliphatic heterocycles. The van der Waals surface area contributed by atoms with Crippen LogP contribution in [0.2, 0.25) is 0 Å². The molecule has 0 bridgehead atoms. The Hall–Kier alpha value is -2.03.